The highest BCUT2D eigenvalue weighted by atomic mass is 16.5. The molecule has 0 N–H and O–H groups in total. The fourth-order valence-electron chi connectivity index (χ4n) is 6.13. The zero-order valence-electron chi connectivity index (χ0n) is 22.5. The van der Waals surface area contributed by atoms with E-state index in [0.717, 1.165) is 79.7 Å². The molecule has 8 heteroatoms. The predicted molar refractivity (Wildman–Crippen MR) is 146 cm³/mol. The maximum atomic E-state index is 13.1. The number of hydrogen-bond acceptors (Lipinski definition) is 6. The molecule has 1 aliphatic heterocycles. The number of carbonyl (C=O) groups excluding carboxylic acids is 2. The highest BCUT2D eigenvalue weighted by molar-refractivity contribution is 6.01. The van der Waals surface area contributed by atoms with Crippen molar-refractivity contribution in [3.05, 3.63) is 47.3 Å². The van der Waals surface area contributed by atoms with Gasteiger partial charge in [-0.25, -0.2) is 14.5 Å². The van der Waals surface area contributed by atoms with E-state index in [0.29, 0.717) is 23.2 Å². The Hall–Kier alpha value is -3.26. The summed E-state index contributed by atoms with van der Waals surface area (Å²) in [4.78, 5) is 34.9. The standard InChI is InChI=1S/C30H37N5O3/c1-33-15-17-34(18-16-33)29(36)22-13-11-20(12-14-22)24-19-25(30(37)38-2)31-28-26(24)27(21-7-6-8-21)32-35(28)23-9-4-3-5-10-23/h11-14,19,21,23H,3-10,15-18H2,1-2H3. The Bertz CT molecular complexity index is 1330. The number of methoxy groups -OCH3 is 1. The van der Waals surface area contributed by atoms with Crippen LogP contribution in [0.2, 0.25) is 0 Å². The van der Waals surface area contributed by atoms with Crippen molar-refractivity contribution in [2.75, 3.05) is 40.3 Å². The van der Waals surface area contributed by atoms with E-state index < -0.39 is 5.97 Å². The lowest BCUT2D eigenvalue weighted by Gasteiger charge is -2.32. The van der Waals surface area contributed by atoms with Gasteiger partial charge in [-0.1, -0.05) is 37.8 Å². The molecule has 1 saturated heterocycles. The lowest BCUT2D eigenvalue weighted by Crippen LogP contribution is -2.47. The van der Waals surface area contributed by atoms with Gasteiger partial charge in [-0.15, -0.1) is 0 Å². The average molecular weight is 516 g/mol. The fourth-order valence-corrected chi connectivity index (χ4v) is 6.13. The third-order valence-electron chi connectivity index (χ3n) is 8.73. The first-order chi connectivity index (χ1) is 18.5. The van der Waals surface area contributed by atoms with Crippen LogP contribution in [-0.4, -0.2) is 76.8 Å². The summed E-state index contributed by atoms with van der Waals surface area (Å²) in [6.45, 7) is 3.28. The summed E-state index contributed by atoms with van der Waals surface area (Å²) in [5.41, 5.74) is 4.78. The van der Waals surface area contributed by atoms with Crippen LogP contribution >= 0.6 is 0 Å². The zero-order chi connectivity index (χ0) is 26.2. The Morgan fingerprint density at radius 3 is 2.26 bits per heavy atom. The molecule has 2 saturated carbocycles. The first-order valence-electron chi connectivity index (χ1n) is 14.1. The first kappa shape index (κ1) is 25.0. The number of likely N-dealkylation sites (N-methyl/N-ethyl adjacent to an activating group) is 1. The smallest absolute Gasteiger partial charge is 0.356 e. The molecule has 0 atom stereocenters. The summed E-state index contributed by atoms with van der Waals surface area (Å²) in [7, 11) is 3.48. The van der Waals surface area contributed by atoms with Crippen LogP contribution in [0, 0.1) is 0 Å². The van der Waals surface area contributed by atoms with Crippen molar-refractivity contribution in [3.63, 3.8) is 0 Å². The van der Waals surface area contributed by atoms with E-state index >= 15 is 0 Å². The summed E-state index contributed by atoms with van der Waals surface area (Å²) in [6.07, 6.45) is 9.30. The SMILES string of the molecule is COC(=O)c1cc(-c2ccc(C(=O)N3CCN(C)CC3)cc2)c2c(C3CCC3)nn(C3CCCCC3)c2n1. The van der Waals surface area contributed by atoms with Gasteiger partial charge >= 0.3 is 5.97 Å². The van der Waals surface area contributed by atoms with Crippen LogP contribution in [0.25, 0.3) is 22.2 Å². The van der Waals surface area contributed by atoms with Crippen LogP contribution in [0.1, 0.15) is 89.9 Å². The third-order valence-corrected chi connectivity index (χ3v) is 8.73. The van der Waals surface area contributed by atoms with E-state index in [1.165, 1.54) is 32.8 Å². The summed E-state index contributed by atoms with van der Waals surface area (Å²) >= 11 is 0. The van der Waals surface area contributed by atoms with Crippen LogP contribution in [0.3, 0.4) is 0 Å². The van der Waals surface area contributed by atoms with E-state index in [9.17, 15) is 9.59 Å². The number of ether oxygens (including phenoxy) is 1. The minimum Gasteiger partial charge on any atom is -0.464 e. The molecule has 0 bridgehead atoms. The molecule has 6 rings (SSSR count). The van der Waals surface area contributed by atoms with Crippen LogP contribution in [0.5, 0.6) is 0 Å². The number of piperazine rings is 1. The topological polar surface area (TPSA) is 80.6 Å². The molecule has 3 aromatic rings. The number of esters is 1. The number of hydrogen-bond donors (Lipinski definition) is 0. The second-order valence-electron chi connectivity index (χ2n) is 11.2. The fraction of sp³-hybridized carbons (Fsp3) is 0.533. The number of fused-ring (bicyclic) bond motifs is 1. The molecule has 3 fully saturated rings. The molecule has 1 amide bonds. The van der Waals surface area contributed by atoms with Gasteiger partial charge in [0.15, 0.2) is 11.3 Å². The molecule has 8 nitrogen and oxygen atoms in total. The number of aromatic nitrogens is 3. The molecular formula is C30H37N5O3. The van der Waals surface area contributed by atoms with Gasteiger partial charge in [-0.3, -0.25) is 4.79 Å². The molecule has 1 aromatic carbocycles. The van der Waals surface area contributed by atoms with E-state index in [4.69, 9.17) is 14.8 Å². The van der Waals surface area contributed by atoms with Gasteiger partial charge in [-0.2, -0.15) is 5.10 Å². The Morgan fingerprint density at radius 2 is 1.63 bits per heavy atom. The molecule has 200 valence electrons. The lowest BCUT2D eigenvalue weighted by atomic mass is 9.81. The van der Waals surface area contributed by atoms with Crippen LogP contribution in [-0.2, 0) is 4.74 Å². The molecule has 0 spiro atoms. The van der Waals surface area contributed by atoms with E-state index in [-0.39, 0.29) is 5.91 Å². The van der Waals surface area contributed by atoms with Crippen molar-refractivity contribution in [1.82, 2.24) is 24.6 Å². The van der Waals surface area contributed by atoms with Crippen molar-refractivity contribution in [3.8, 4) is 11.1 Å². The minimum absolute atomic E-state index is 0.0695. The molecule has 3 aliphatic rings. The van der Waals surface area contributed by atoms with Crippen LogP contribution < -0.4 is 0 Å². The molecule has 38 heavy (non-hydrogen) atoms. The Balaban J connectivity index is 1.44. The van der Waals surface area contributed by atoms with Crippen molar-refractivity contribution < 1.29 is 14.3 Å². The maximum Gasteiger partial charge on any atom is 0.356 e. The minimum atomic E-state index is -0.448. The second-order valence-corrected chi connectivity index (χ2v) is 11.2. The van der Waals surface area contributed by atoms with Gasteiger partial charge in [-0.05, 0) is 62.1 Å². The quantitative estimate of drug-likeness (QED) is 0.443. The largest absolute Gasteiger partial charge is 0.464 e. The monoisotopic (exact) mass is 515 g/mol. The molecular weight excluding hydrogens is 478 g/mol. The first-order valence-corrected chi connectivity index (χ1v) is 14.1. The van der Waals surface area contributed by atoms with Crippen LogP contribution in [0.4, 0.5) is 0 Å². The average Bonchev–Trinajstić information content (AvgIpc) is 3.30. The lowest BCUT2D eigenvalue weighted by molar-refractivity contribution is 0.0593. The molecule has 0 unspecified atom stereocenters. The number of nitrogens with zero attached hydrogens (tertiary/aromatic N) is 5. The van der Waals surface area contributed by atoms with Crippen molar-refractivity contribution in [1.29, 1.82) is 0 Å². The Kier molecular flexibility index (Phi) is 6.91. The number of benzene rings is 1. The summed E-state index contributed by atoms with van der Waals surface area (Å²) < 4.78 is 7.20. The van der Waals surface area contributed by atoms with Gasteiger partial charge in [0.25, 0.3) is 5.91 Å². The number of pyridine rings is 1. The van der Waals surface area contributed by atoms with Gasteiger partial charge in [0.1, 0.15) is 0 Å². The van der Waals surface area contributed by atoms with Gasteiger partial charge in [0, 0.05) is 37.7 Å². The number of rotatable bonds is 5. The summed E-state index contributed by atoms with van der Waals surface area (Å²) in [6, 6.07) is 9.98. The number of amides is 1. The summed E-state index contributed by atoms with van der Waals surface area (Å²) in [5, 5.41) is 6.25. The normalized spacial score (nSPS) is 19.5. The maximum absolute atomic E-state index is 13.1. The predicted octanol–water partition coefficient (Wildman–Crippen LogP) is 5.05. The van der Waals surface area contributed by atoms with Gasteiger partial charge < -0.3 is 14.5 Å². The van der Waals surface area contributed by atoms with E-state index in [1.54, 1.807) is 0 Å². The van der Waals surface area contributed by atoms with Crippen molar-refractivity contribution in [2.24, 2.45) is 0 Å². The Labute approximate surface area is 224 Å². The van der Waals surface area contributed by atoms with E-state index in [1.807, 2.05) is 35.2 Å². The molecule has 0 radical (unpaired) electrons. The molecule has 2 aromatic heterocycles. The highest BCUT2D eigenvalue weighted by Gasteiger charge is 2.31. The van der Waals surface area contributed by atoms with Crippen LogP contribution in [0.15, 0.2) is 30.3 Å². The second kappa shape index (κ2) is 10.5. The molecule has 2 aliphatic carbocycles. The third kappa shape index (κ3) is 4.59. The molecule has 3 heterocycles. The van der Waals surface area contributed by atoms with Gasteiger partial charge in [0.05, 0.1) is 24.2 Å². The van der Waals surface area contributed by atoms with Gasteiger partial charge in [0.2, 0.25) is 0 Å². The zero-order valence-corrected chi connectivity index (χ0v) is 22.5. The number of carbonyl (C=O) groups is 2. The summed E-state index contributed by atoms with van der Waals surface area (Å²) in [5.74, 6) is 0.0432. The Morgan fingerprint density at radius 1 is 0.921 bits per heavy atom. The highest BCUT2D eigenvalue weighted by Crippen LogP contribution is 2.44. The van der Waals surface area contributed by atoms with E-state index in [2.05, 4.69) is 16.6 Å². The van der Waals surface area contributed by atoms with Crippen molar-refractivity contribution >= 4 is 22.9 Å². The van der Waals surface area contributed by atoms with Crippen molar-refractivity contribution in [2.45, 2.75) is 63.3 Å².